The van der Waals surface area contributed by atoms with Crippen molar-refractivity contribution in [3.63, 3.8) is 0 Å². The van der Waals surface area contributed by atoms with Crippen LogP contribution in [0.3, 0.4) is 0 Å². The SMILES string of the molecule is Cc1cc(C)cc(OCCNC(=O)C2CCN(S(=O)(=O)Cc3cccc(Br)c3)CC2)c1. The Bertz CT molecular complexity index is 998. The Balaban J connectivity index is 1.41. The second-order valence-electron chi connectivity index (χ2n) is 8.02. The van der Waals surface area contributed by atoms with Gasteiger partial charge in [-0.1, -0.05) is 34.1 Å². The largest absolute Gasteiger partial charge is 0.492 e. The number of benzene rings is 2. The number of nitrogens with one attached hydrogen (secondary N) is 1. The summed E-state index contributed by atoms with van der Waals surface area (Å²) in [7, 11) is -3.40. The molecule has 0 aromatic heterocycles. The third-order valence-corrected chi connectivity index (χ3v) is 7.66. The Morgan fingerprint density at radius 3 is 2.45 bits per heavy atom. The molecule has 8 heteroatoms. The van der Waals surface area contributed by atoms with Crippen LogP contribution < -0.4 is 10.1 Å². The van der Waals surface area contributed by atoms with Crippen LogP contribution in [-0.2, 0) is 20.6 Å². The van der Waals surface area contributed by atoms with Gasteiger partial charge < -0.3 is 10.1 Å². The maximum atomic E-state index is 12.7. The van der Waals surface area contributed by atoms with Crippen molar-refractivity contribution in [3.8, 4) is 5.75 Å². The van der Waals surface area contributed by atoms with Crippen LogP contribution in [0.2, 0.25) is 0 Å². The van der Waals surface area contributed by atoms with E-state index >= 15 is 0 Å². The predicted octanol–water partition coefficient (Wildman–Crippen LogP) is 3.80. The minimum Gasteiger partial charge on any atom is -0.492 e. The highest BCUT2D eigenvalue weighted by Crippen LogP contribution is 2.23. The summed E-state index contributed by atoms with van der Waals surface area (Å²) in [6.45, 7) is 5.60. The van der Waals surface area contributed by atoms with Crippen LogP contribution in [0.15, 0.2) is 46.9 Å². The van der Waals surface area contributed by atoms with E-state index in [2.05, 4.69) is 27.3 Å². The standard InChI is InChI=1S/C23H29BrN2O4S/c1-17-12-18(2)14-22(13-17)30-11-8-25-23(27)20-6-9-26(10-7-20)31(28,29)16-19-4-3-5-21(24)15-19/h3-5,12-15,20H,6-11,16H2,1-2H3,(H,25,27). The van der Waals surface area contributed by atoms with Gasteiger partial charge in [-0.05, 0) is 67.6 Å². The number of hydrogen-bond acceptors (Lipinski definition) is 4. The van der Waals surface area contributed by atoms with Gasteiger partial charge in [0.25, 0.3) is 0 Å². The monoisotopic (exact) mass is 508 g/mol. The maximum absolute atomic E-state index is 12.7. The van der Waals surface area contributed by atoms with Crippen LogP contribution in [0.5, 0.6) is 5.75 Å². The van der Waals surface area contributed by atoms with Crippen LogP contribution >= 0.6 is 15.9 Å². The summed E-state index contributed by atoms with van der Waals surface area (Å²) in [5, 5.41) is 2.91. The summed E-state index contributed by atoms with van der Waals surface area (Å²) >= 11 is 3.37. The lowest BCUT2D eigenvalue weighted by molar-refractivity contribution is -0.126. The number of aryl methyl sites for hydroxylation is 2. The van der Waals surface area contributed by atoms with Crippen LogP contribution in [0, 0.1) is 19.8 Å². The molecule has 0 atom stereocenters. The second-order valence-corrected chi connectivity index (χ2v) is 10.9. The van der Waals surface area contributed by atoms with Crippen molar-refractivity contribution in [2.75, 3.05) is 26.2 Å². The molecule has 0 saturated carbocycles. The first-order chi connectivity index (χ1) is 14.7. The Morgan fingerprint density at radius 2 is 1.81 bits per heavy atom. The van der Waals surface area contributed by atoms with Gasteiger partial charge in [0.15, 0.2) is 0 Å². The number of hydrogen-bond donors (Lipinski definition) is 1. The molecular formula is C23H29BrN2O4S. The molecule has 0 bridgehead atoms. The Morgan fingerprint density at radius 1 is 1.13 bits per heavy atom. The highest BCUT2D eigenvalue weighted by atomic mass is 79.9. The number of halogens is 1. The maximum Gasteiger partial charge on any atom is 0.223 e. The van der Waals surface area contributed by atoms with Crippen molar-refractivity contribution in [3.05, 3.63) is 63.6 Å². The number of carbonyl (C=O) groups excluding carboxylic acids is 1. The van der Waals surface area contributed by atoms with Gasteiger partial charge in [-0.15, -0.1) is 0 Å². The summed E-state index contributed by atoms with van der Waals surface area (Å²) < 4.78 is 33.5. The van der Waals surface area contributed by atoms with Crippen LogP contribution in [0.25, 0.3) is 0 Å². The van der Waals surface area contributed by atoms with Crippen molar-refractivity contribution < 1.29 is 17.9 Å². The molecule has 1 amide bonds. The number of piperidine rings is 1. The number of carbonyl (C=O) groups is 1. The van der Waals surface area contributed by atoms with Crippen molar-refractivity contribution in [2.45, 2.75) is 32.4 Å². The van der Waals surface area contributed by atoms with Gasteiger partial charge in [-0.3, -0.25) is 4.79 Å². The van der Waals surface area contributed by atoms with Crippen LogP contribution in [0.1, 0.15) is 29.5 Å². The highest BCUT2D eigenvalue weighted by molar-refractivity contribution is 9.10. The van der Waals surface area contributed by atoms with Crippen LogP contribution in [0.4, 0.5) is 0 Å². The number of rotatable bonds is 8. The summed E-state index contributed by atoms with van der Waals surface area (Å²) in [6, 6.07) is 13.3. The van der Waals surface area contributed by atoms with Gasteiger partial charge in [0.05, 0.1) is 12.3 Å². The van der Waals surface area contributed by atoms with Gasteiger partial charge in [0, 0.05) is 23.5 Å². The van der Waals surface area contributed by atoms with E-state index in [1.54, 1.807) is 0 Å². The van der Waals surface area contributed by atoms with E-state index in [0.29, 0.717) is 39.1 Å². The summed E-state index contributed by atoms with van der Waals surface area (Å²) in [6.07, 6.45) is 1.06. The van der Waals surface area contributed by atoms with E-state index < -0.39 is 10.0 Å². The lowest BCUT2D eigenvalue weighted by Crippen LogP contribution is -2.43. The molecule has 1 aliphatic heterocycles. The third kappa shape index (κ3) is 7.05. The fourth-order valence-electron chi connectivity index (χ4n) is 3.83. The molecule has 1 fully saturated rings. The molecule has 0 spiro atoms. The minimum absolute atomic E-state index is 0.0287. The average molecular weight is 509 g/mol. The summed E-state index contributed by atoms with van der Waals surface area (Å²) in [5.41, 5.74) is 3.03. The first kappa shape index (κ1) is 23.8. The van der Waals surface area contributed by atoms with Gasteiger partial charge in [0.2, 0.25) is 15.9 Å². The van der Waals surface area contributed by atoms with Gasteiger partial charge in [-0.25, -0.2) is 12.7 Å². The predicted molar refractivity (Wildman–Crippen MR) is 125 cm³/mol. The third-order valence-electron chi connectivity index (χ3n) is 5.32. The van der Waals surface area contributed by atoms with Crippen molar-refractivity contribution in [2.24, 2.45) is 5.92 Å². The van der Waals surface area contributed by atoms with E-state index in [9.17, 15) is 13.2 Å². The Hall–Kier alpha value is -1.90. The summed E-state index contributed by atoms with van der Waals surface area (Å²) in [5.74, 6) is 0.571. The van der Waals surface area contributed by atoms with E-state index in [1.807, 2.05) is 50.2 Å². The molecule has 1 aliphatic rings. The van der Waals surface area contributed by atoms with Gasteiger partial charge in [-0.2, -0.15) is 0 Å². The van der Waals surface area contributed by atoms with Gasteiger partial charge in [0.1, 0.15) is 12.4 Å². The molecule has 1 saturated heterocycles. The zero-order valence-corrected chi connectivity index (χ0v) is 20.3. The zero-order chi connectivity index (χ0) is 22.4. The minimum atomic E-state index is -3.40. The molecule has 3 rings (SSSR count). The normalized spacial score (nSPS) is 15.6. The molecule has 1 heterocycles. The lowest BCUT2D eigenvalue weighted by atomic mass is 9.97. The second kappa shape index (κ2) is 10.6. The Labute approximate surface area is 193 Å². The van der Waals surface area contributed by atoms with Crippen LogP contribution in [-0.4, -0.2) is 44.9 Å². The van der Waals surface area contributed by atoms with Crippen molar-refractivity contribution >= 4 is 31.9 Å². The molecule has 1 N–H and O–H groups in total. The fraction of sp³-hybridized carbons (Fsp3) is 0.435. The van der Waals surface area contributed by atoms with E-state index in [1.165, 1.54) is 4.31 Å². The number of nitrogens with zero attached hydrogens (tertiary/aromatic N) is 1. The number of sulfonamides is 1. The quantitative estimate of drug-likeness (QED) is 0.550. The van der Waals surface area contributed by atoms with E-state index in [0.717, 1.165) is 26.9 Å². The van der Waals surface area contributed by atoms with Gasteiger partial charge >= 0.3 is 0 Å². The van der Waals surface area contributed by atoms with Crippen molar-refractivity contribution in [1.82, 2.24) is 9.62 Å². The van der Waals surface area contributed by atoms with Crippen molar-refractivity contribution in [1.29, 1.82) is 0 Å². The highest BCUT2D eigenvalue weighted by Gasteiger charge is 2.31. The molecule has 6 nitrogen and oxygen atoms in total. The molecule has 0 unspecified atom stereocenters. The molecule has 0 radical (unpaired) electrons. The molecule has 2 aromatic rings. The molecule has 0 aliphatic carbocycles. The smallest absolute Gasteiger partial charge is 0.223 e. The summed E-state index contributed by atoms with van der Waals surface area (Å²) in [4.78, 5) is 12.5. The topological polar surface area (TPSA) is 75.7 Å². The lowest BCUT2D eigenvalue weighted by Gasteiger charge is -2.30. The Kier molecular flexibility index (Phi) is 8.13. The van der Waals surface area contributed by atoms with E-state index in [-0.39, 0.29) is 17.6 Å². The molecule has 168 valence electrons. The number of ether oxygens (including phenoxy) is 1. The number of amides is 1. The first-order valence-electron chi connectivity index (χ1n) is 10.4. The molecule has 31 heavy (non-hydrogen) atoms. The first-order valence-corrected chi connectivity index (χ1v) is 12.8. The van der Waals surface area contributed by atoms with E-state index in [4.69, 9.17) is 4.74 Å². The molecule has 2 aromatic carbocycles. The average Bonchev–Trinajstić information content (AvgIpc) is 2.70. The molecular weight excluding hydrogens is 480 g/mol. The fourth-order valence-corrected chi connectivity index (χ4v) is 5.83. The zero-order valence-electron chi connectivity index (χ0n) is 17.9.